The molecule has 0 amide bonds. The minimum Gasteiger partial charge on any atom is -0.454 e. The quantitative estimate of drug-likeness (QED) is 0.194. The number of hydrogen-bond acceptors (Lipinski definition) is 3. The monoisotopic (exact) mass is 631 g/mol. The molecule has 2 atom stereocenters. The van der Waals surface area contributed by atoms with E-state index in [0.29, 0.717) is 11.5 Å². The molecular weight excluding hydrogens is 599 g/mol. The van der Waals surface area contributed by atoms with Crippen molar-refractivity contribution in [2.45, 2.75) is 38.1 Å². The number of aromatic nitrogens is 1. The first-order valence-corrected chi connectivity index (χ1v) is 17.3. The Hall–Kier alpha value is -6.05. The number of anilines is 2. The van der Waals surface area contributed by atoms with Gasteiger partial charge in [-0.15, -0.1) is 0 Å². The molecule has 2 aliphatic carbocycles. The normalized spacial score (nSPS) is 17.9. The summed E-state index contributed by atoms with van der Waals surface area (Å²) in [5.41, 5.74) is 14.9. The van der Waals surface area contributed by atoms with Crippen LogP contribution in [0.1, 0.15) is 53.6 Å². The second kappa shape index (κ2) is 10.7. The average Bonchev–Trinajstić information content (AvgIpc) is 3.82. The van der Waals surface area contributed by atoms with Crippen molar-refractivity contribution in [1.29, 1.82) is 5.26 Å². The largest absolute Gasteiger partial charge is 0.454 e. The van der Waals surface area contributed by atoms with Crippen molar-refractivity contribution in [3.8, 4) is 11.8 Å². The highest BCUT2D eigenvalue weighted by molar-refractivity contribution is 6.17. The molecule has 234 valence electrons. The molecule has 2 aromatic heterocycles. The van der Waals surface area contributed by atoms with Crippen molar-refractivity contribution in [2.75, 3.05) is 4.90 Å². The van der Waals surface area contributed by atoms with Gasteiger partial charge >= 0.3 is 0 Å². The van der Waals surface area contributed by atoms with E-state index in [1.165, 1.54) is 44.6 Å². The van der Waals surface area contributed by atoms with Gasteiger partial charge < -0.3 is 13.9 Å². The highest BCUT2D eigenvalue weighted by Gasteiger charge is 2.41. The number of fused-ring (bicyclic) bond motifs is 10. The topological polar surface area (TPSA) is 45.1 Å². The Bertz CT molecular complexity index is 2620. The van der Waals surface area contributed by atoms with E-state index in [1.807, 2.05) is 12.1 Å². The van der Waals surface area contributed by atoms with E-state index in [9.17, 15) is 5.26 Å². The summed E-state index contributed by atoms with van der Waals surface area (Å²) in [7, 11) is 0. The van der Waals surface area contributed by atoms with Crippen molar-refractivity contribution in [3.63, 3.8) is 0 Å². The van der Waals surface area contributed by atoms with Gasteiger partial charge in [0.25, 0.3) is 0 Å². The van der Waals surface area contributed by atoms with Crippen LogP contribution in [-0.4, -0.2) is 10.6 Å². The molecule has 49 heavy (non-hydrogen) atoms. The van der Waals surface area contributed by atoms with Crippen LogP contribution in [0.5, 0.6) is 0 Å². The molecule has 0 fully saturated rings. The summed E-state index contributed by atoms with van der Waals surface area (Å²) in [6, 6.07) is 41.2. The minimum atomic E-state index is 0.158. The fourth-order valence-electron chi connectivity index (χ4n) is 8.78. The van der Waals surface area contributed by atoms with Gasteiger partial charge in [0, 0.05) is 50.3 Å². The SMILES string of the molecule is CCC1=CC=CC2C1c1ccccc1N2c1cc(C#N)ccc1C1=Cc2c(n(-c3ccccc3)c3c2ccc2c4ccccc4oc23)CC1. The second-order valence-corrected chi connectivity index (χ2v) is 13.4. The zero-order chi connectivity index (χ0) is 32.6. The maximum absolute atomic E-state index is 10.1. The van der Waals surface area contributed by atoms with Crippen LogP contribution in [0.15, 0.2) is 137 Å². The van der Waals surface area contributed by atoms with E-state index in [-0.39, 0.29) is 6.04 Å². The molecule has 7 aromatic rings. The Morgan fingerprint density at radius 3 is 2.51 bits per heavy atom. The van der Waals surface area contributed by atoms with Gasteiger partial charge in [-0.25, -0.2) is 0 Å². The number of nitriles is 1. The number of rotatable bonds is 4. The van der Waals surface area contributed by atoms with Crippen molar-refractivity contribution >= 4 is 55.9 Å². The molecule has 3 aliphatic rings. The first-order valence-electron chi connectivity index (χ1n) is 17.3. The summed E-state index contributed by atoms with van der Waals surface area (Å²) in [6.45, 7) is 2.25. The molecule has 0 saturated heterocycles. The van der Waals surface area contributed by atoms with Crippen LogP contribution < -0.4 is 4.90 Å². The number of benzene rings is 5. The van der Waals surface area contributed by atoms with Gasteiger partial charge in [-0.2, -0.15) is 5.26 Å². The van der Waals surface area contributed by atoms with Gasteiger partial charge in [0.1, 0.15) is 5.58 Å². The first kappa shape index (κ1) is 28.0. The maximum Gasteiger partial charge on any atom is 0.160 e. The third kappa shape index (κ3) is 4.03. The summed E-state index contributed by atoms with van der Waals surface area (Å²) in [6.07, 6.45) is 12.0. The van der Waals surface area contributed by atoms with Crippen LogP contribution in [-0.2, 0) is 6.42 Å². The molecule has 0 bridgehead atoms. The lowest BCUT2D eigenvalue weighted by molar-refractivity contribution is 0.670. The molecule has 1 aliphatic heterocycles. The highest BCUT2D eigenvalue weighted by atomic mass is 16.3. The summed E-state index contributed by atoms with van der Waals surface area (Å²) >= 11 is 0. The van der Waals surface area contributed by atoms with Gasteiger partial charge in [-0.05, 0) is 78.9 Å². The number of allylic oxidation sites excluding steroid dienone is 3. The van der Waals surface area contributed by atoms with E-state index in [2.05, 4.69) is 144 Å². The second-order valence-electron chi connectivity index (χ2n) is 13.4. The average molecular weight is 632 g/mol. The fraction of sp³-hybridized carbons (Fsp3) is 0.133. The zero-order valence-corrected chi connectivity index (χ0v) is 27.2. The van der Waals surface area contributed by atoms with Crippen LogP contribution >= 0.6 is 0 Å². The third-order valence-corrected chi connectivity index (χ3v) is 10.9. The van der Waals surface area contributed by atoms with Crippen molar-refractivity contribution < 1.29 is 4.42 Å². The van der Waals surface area contributed by atoms with E-state index in [0.717, 1.165) is 58.1 Å². The van der Waals surface area contributed by atoms with E-state index < -0.39 is 0 Å². The molecule has 2 unspecified atom stereocenters. The summed E-state index contributed by atoms with van der Waals surface area (Å²) < 4.78 is 9.07. The standard InChI is InChI=1S/C45H33N3O/c1-2-29-11-10-17-40-43(29)36-15-6-8-16-38(36)48(40)41-25-28(27-46)19-21-32(41)30-20-24-39-37(26-30)34-22-23-35-33-14-7-9-18-42(33)49-45(35)44(34)47(39)31-12-4-3-5-13-31/h3-19,21-23,25-26,40,43H,2,20,24H2,1H3. The Morgan fingerprint density at radius 2 is 1.63 bits per heavy atom. The third-order valence-electron chi connectivity index (χ3n) is 10.9. The van der Waals surface area contributed by atoms with Crippen LogP contribution in [0.25, 0.3) is 50.2 Å². The summed E-state index contributed by atoms with van der Waals surface area (Å²) in [4.78, 5) is 2.50. The van der Waals surface area contributed by atoms with Crippen LogP contribution in [0, 0.1) is 11.3 Å². The van der Waals surface area contributed by atoms with E-state index in [1.54, 1.807) is 0 Å². The molecule has 4 nitrogen and oxygen atoms in total. The summed E-state index contributed by atoms with van der Waals surface area (Å²) in [5, 5.41) is 13.6. The molecule has 0 saturated carbocycles. The van der Waals surface area contributed by atoms with Gasteiger partial charge in [0.05, 0.1) is 28.9 Å². The molecule has 0 radical (unpaired) electrons. The van der Waals surface area contributed by atoms with Crippen LogP contribution in [0.3, 0.4) is 0 Å². The van der Waals surface area contributed by atoms with Gasteiger partial charge in [-0.3, -0.25) is 0 Å². The predicted molar refractivity (Wildman–Crippen MR) is 201 cm³/mol. The lowest BCUT2D eigenvalue weighted by Gasteiger charge is -2.33. The highest BCUT2D eigenvalue weighted by Crippen LogP contribution is 2.53. The Morgan fingerprint density at radius 1 is 0.816 bits per heavy atom. The molecular formula is C45H33N3O. The number of furan rings is 1. The summed E-state index contributed by atoms with van der Waals surface area (Å²) in [5.74, 6) is 0.298. The molecule has 0 spiro atoms. The van der Waals surface area contributed by atoms with Crippen molar-refractivity contribution in [1.82, 2.24) is 4.57 Å². The Kier molecular flexibility index (Phi) is 6.14. The van der Waals surface area contributed by atoms with Gasteiger partial charge in [0.2, 0.25) is 0 Å². The van der Waals surface area contributed by atoms with Crippen LogP contribution in [0.2, 0.25) is 0 Å². The molecule has 5 aromatic carbocycles. The molecule has 0 N–H and O–H groups in total. The Balaban J connectivity index is 1.21. The zero-order valence-electron chi connectivity index (χ0n) is 27.2. The molecule has 3 heterocycles. The van der Waals surface area contributed by atoms with Crippen LogP contribution in [0.4, 0.5) is 11.4 Å². The number of para-hydroxylation sites is 3. The smallest absolute Gasteiger partial charge is 0.160 e. The molecule has 10 rings (SSSR count). The molecule has 4 heteroatoms. The van der Waals surface area contributed by atoms with E-state index >= 15 is 0 Å². The fourth-order valence-corrected chi connectivity index (χ4v) is 8.78. The number of nitrogens with zero attached hydrogens (tertiary/aromatic N) is 3. The van der Waals surface area contributed by atoms with Crippen molar-refractivity contribution in [3.05, 3.63) is 161 Å². The number of hydrogen-bond donors (Lipinski definition) is 0. The van der Waals surface area contributed by atoms with Crippen molar-refractivity contribution in [2.24, 2.45) is 0 Å². The predicted octanol–water partition coefficient (Wildman–Crippen LogP) is 11.4. The van der Waals surface area contributed by atoms with E-state index in [4.69, 9.17) is 4.42 Å². The van der Waals surface area contributed by atoms with Gasteiger partial charge in [-0.1, -0.05) is 97.5 Å². The lowest BCUT2D eigenvalue weighted by Crippen LogP contribution is -2.31. The minimum absolute atomic E-state index is 0.158. The maximum atomic E-state index is 10.1. The Labute approximate surface area is 285 Å². The lowest BCUT2D eigenvalue weighted by atomic mass is 9.83. The first-order chi connectivity index (χ1) is 24.2. The van der Waals surface area contributed by atoms with Gasteiger partial charge in [0.15, 0.2) is 5.58 Å².